The number of rotatable bonds is 6. The molecule has 2 heterocycles. The van der Waals surface area contributed by atoms with Gasteiger partial charge in [0.05, 0.1) is 23.7 Å². The van der Waals surface area contributed by atoms with Gasteiger partial charge in [0, 0.05) is 37.6 Å². The molecule has 0 radical (unpaired) electrons. The molecule has 1 amide bonds. The number of nitrogens with one attached hydrogen (secondary N) is 1. The molecule has 4 rings (SSSR count). The van der Waals surface area contributed by atoms with Crippen LogP contribution in [-0.4, -0.2) is 58.0 Å². The molecule has 2 aromatic carbocycles. The predicted molar refractivity (Wildman–Crippen MR) is 126 cm³/mol. The van der Waals surface area contributed by atoms with Gasteiger partial charge in [0.1, 0.15) is 0 Å². The van der Waals surface area contributed by atoms with Crippen LogP contribution in [0.3, 0.4) is 0 Å². The highest BCUT2D eigenvalue weighted by Crippen LogP contribution is 2.30. The van der Waals surface area contributed by atoms with Crippen LogP contribution in [0.15, 0.2) is 41.3 Å². The van der Waals surface area contributed by atoms with Crippen molar-refractivity contribution in [2.75, 3.05) is 49.6 Å². The third-order valence-electron chi connectivity index (χ3n) is 6.25. The van der Waals surface area contributed by atoms with Crippen molar-refractivity contribution in [3.8, 4) is 0 Å². The molecule has 0 saturated carbocycles. The highest BCUT2D eigenvalue weighted by Gasteiger charge is 2.29. The monoisotopic (exact) mass is 457 g/mol. The highest BCUT2D eigenvalue weighted by molar-refractivity contribution is 7.89. The van der Waals surface area contributed by atoms with Gasteiger partial charge in [0.15, 0.2) is 0 Å². The minimum atomic E-state index is -3.70. The maximum absolute atomic E-state index is 13.5. The number of hydrogen-bond acceptors (Lipinski definition) is 5. The van der Waals surface area contributed by atoms with Gasteiger partial charge in [-0.05, 0) is 55.5 Å². The van der Waals surface area contributed by atoms with Crippen molar-refractivity contribution in [2.24, 2.45) is 0 Å². The fourth-order valence-corrected chi connectivity index (χ4v) is 5.84. The van der Waals surface area contributed by atoms with E-state index in [4.69, 9.17) is 4.74 Å². The van der Waals surface area contributed by atoms with E-state index in [9.17, 15) is 13.2 Å². The van der Waals surface area contributed by atoms with Gasteiger partial charge in [0.25, 0.3) is 5.91 Å². The van der Waals surface area contributed by atoms with E-state index in [1.54, 1.807) is 12.1 Å². The third-order valence-corrected chi connectivity index (χ3v) is 8.14. The molecule has 0 unspecified atom stereocenters. The maximum atomic E-state index is 13.5. The van der Waals surface area contributed by atoms with Crippen LogP contribution in [0.5, 0.6) is 0 Å². The summed E-state index contributed by atoms with van der Waals surface area (Å²) in [6, 6.07) is 10.9. The normalized spacial score (nSPS) is 17.5. The average molecular weight is 458 g/mol. The van der Waals surface area contributed by atoms with Crippen molar-refractivity contribution >= 4 is 27.3 Å². The molecule has 172 valence electrons. The van der Waals surface area contributed by atoms with Crippen LogP contribution in [-0.2, 0) is 21.2 Å². The van der Waals surface area contributed by atoms with Crippen LogP contribution >= 0.6 is 0 Å². The minimum Gasteiger partial charge on any atom is -0.379 e. The lowest BCUT2D eigenvalue weighted by atomic mass is 10.0. The van der Waals surface area contributed by atoms with E-state index in [1.807, 2.05) is 25.1 Å². The van der Waals surface area contributed by atoms with E-state index >= 15 is 0 Å². The van der Waals surface area contributed by atoms with Crippen molar-refractivity contribution in [3.05, 3.63) is 53.1 Å². The first-order valence-corrected chi connectivity index (χ1v) is 12.7. The first-order valence-electron chi connectivity index (χ1n) is 11.3. The number of amides is 1. The fourth-order valence-electron chi connectivity index (χ4n) is 4.41. The molecule has 2 aliphatic rings. The molecule has 2 saturated heterocycles. The molecule has 0 aliphatic carbocycles. The largest absolute Gasteiger partial charge is 0.379 e. The highest BCUT2D eigenvalue weighted by atomic mass is 32.2. The van der Waals surface area contributed by atoms with E-state index in [0.717, 1.165) is 54.9 Å². The molecule has 2 aromatic rings. The van der Waals surface area contributed by atoms with Gasteiger partial charge in [-0.1, -0.05) is 25.1 Å². The summed E-state index contributed by atoms with van der Waals surface area (Å²) in [6.45, 7) is 7.14. The van der Waals surface area contributed by atoms with Crippen LogP contribution in [0, 0.1) is 6.92 Å². The summed E-state index contributed by atoms with van der Waals surface area (Å²) in [6.07, 6.45) is 2.92. The Labute approximate surface area is 190 Å². The Kier molecular flexibility index (Phi) is 6.83. The van der Waals surface area contributed by atoms with Crippen molar-refractivity contribution in [1.29, 1.82) is 0 Å². The number of nitrogens with zero attached hydrogens (tertiary/aromatic N) is 2. The maximum Gasteiger partial charge on any atom is 0.257 e. The zero-order valence-electron chi connectivity index (χ0n) is 18.8. The standard InChI is InChI=1S/C24H31N3O4S/c1-3-19-8-6-7-18(2)23(19)25-24(28)21-17-20(9-10-22(21)26-11-4-5-12-26)32(29,30)27-13-15-31-16-14-27/h6-10,17H,3-5,11-16H2,1-2H3,(H,25,28). The lowest BCUT2D eigenvalue weighted by Gasteiger charge is -2.27. The number of carbonyl (C=O) groups is 1. The van der Waals surface area contributed by atoms with Crippen molar-refractivity contribution in [3.63, 3.8) is 0 Å². The lowest BCUT2D eigenvalue weighted by molar-refractivity contribution is 0.0730. The van der Waals surface area contributed by atoms with E-state index in [2.05, 4.69) is 17.1 Å². The summed E-state index contributed by atoms with van der Waals surface area (Å²) in [5, 5.41) is 3.07. The van der Waals surface area contributed by atoms with Gasteiger partial charge in [-0.15, -0.1) is 0 Å². The van der Waals surface area contributed by atoms with Gasteiger partial charge >= 0.3 is 0 Å². The zero-order chi connectivity index (χ0) is 22.7. The van der Waals surface area contributed by atoms with Gasteiger partial charge in [-0.3, -0.25) is 4.79 Å². The van der Waals surface area contributed by atoms with Gasteiger partial charge in [0.2, 0.25) is 10.0 Å². The fraction of sp³-hybridized carbons (Fsp3) is 0.458. The molecule has 7 nitrogen and oxygen atoms in total. The molecule has 2 aliphatic heterocycles. The summed E-state index contributed by atoms with van der Waals surface area (Å²) in [7, 11) is -3.70. The number of hydrogen-bond donors (Lipinski definition) is 1. The minimum absolute atomic E-state index is 0.146. The topological polar surface area (TPSA) is 79.0 Å². The quantitative estimate of drug-likeness (QED) is 0.719. The van der Waals surface area contributed by atoms with Crippen LogP contribution in [0.25, 0.3) is 0 Å². The number of anilines is 2. The van der Waals surface area contributed by atoms with Crippen molar-refractivity contribution < 1.29 is 17.9 Å². The Morgan fingerprint density at radius 2 is 1.78 bits per heavy atom. The van der Waals surface area contributed by atoms with Gasteiger partial charge in [-0.25, -0.2) is 8.42 Å². The summed E-state index contributed by atoms with van der Waals surface area (Å²) in [5.74, 6) is -0.282. The predicted octanol–water partition coefficient (Wildman–Crippen LogP) is 3.43. The number of carbonyl (C=O) groups excluding carboxylic acids is 1. The number of benzene rings is 2. The molecule has 8 heteroatoms. The molecule has 2 fully saturated rings. The van der Waals surface area contributed by atoms with E-state index < -0.39 is 10.0 Å². The summed E-state index contributed by atoms with van der Waals surface area (Å²) in [4.78, 5) is 15.8. The summed E-state index contributed by atoms with van der Waals surface area (Å²) >= 11 is 0. The Bertz CT molecular complexity index is 1090. The smallest absolute Gasteiger partial charge is 0.257 e. The molecule has 1 N–H and O–H groups in total. The molecule has 0 atom stereocenters. The summed E-state index contributed by atoms with van der Waals surface area (Å²) < 4.78 is 33.2. The van der Waals surface area contributed by atoms with Crippen molar-refractivity contribution in [1.82, 2.24) is 4.31 Å². The van der Waals surface area contributed by atoms with Gasteiger partial charge < -0.3 is 15.0 Å². The van der Waals surface area contributed by atoms with Crippen LogP contribution in [0.4, 0.5) is 11.4 Å². The number of ether oxygens (including phenoxy) is 1. The lowest BCUT2D eigenvalue weighted by Crippen LogP contribution is -2.40. The second-order valence-electron chi connectivity index (χ2n) is 8.31. The second-order valence-corrected chi connectivity index (χ2v) is 10.2. The average Bonchev–Trinajstić information content (AvgIpc) is 3.35. The number of sulfonamides is 1. The summed E-state index contributed by atoms with van der Waals surface area (Å²) in [5.41, 5.74) is 4.02. The van der Waals surface area contributed by atoms with Crippen LogP contribution in [0.2, 0.25) is 0 Å². The van der Waals surface area contributed by atoms with Gasteiger partial charge in [-0.2, -0.15) is 4.31 Å². The van der Waals surface area contributed by atoms with Crippen molar-refractivity contribution in [2.45, 2.75) is 38.0 Å². The SMILES string of the molecule is CCc1cccc(C)c1NC(=O)c1cc(S(=O)(=O)N2CCOCC2)ccc1N1CCCC1. The second kappa shape index (κ2) is 9.60. The third kappa shape index (κ3) is 4.53. The molecular formula is C24H31N3O4S. The Morgan fingerprint density at radius 1 is 1.06 bits per heavy atom. The number of para-hydroxylation sites is 1. The van der Waals surface area contributed by atoms with E-state index in [1.165, 1.54) is 10.4 Å². The molecule has 32 heavy (non-hydrogen) atoms. The molecule has 0 spiro atoms. The number of morpholine rings is 1. The zero-order valence-corrected chi connectivity index (χ0v) is 19.6. The first-order chi connectivity index (χ1) is 15.4. The van der Waals surface area contributed by atoms with Crippen LogP contribution < -0.4 is 10.2 Å². The Morgan fingerprint density at radius 3 is 2.47 bits per heavy atom. The molecular weight excluding hydrogens is 426 g/mol. The first kappa shape index (κ1) is 22.8. The Hall–Kier alpha value is -2.42. The molecule has 0 bridgehead atoms. The van der Waals surface area contributed by atoms with E-state index in [0.29, 0.717) is 31.9 Å². The number of aryl methyl sites for hydroxylation is 2. The Balaban J connectivity index is 1.73. The van der Waals surface area contributed by atoms with E-state index in [-0.39, 0.29) is 10.8 Å². The van der Waals surface area contributed by atoms with Crippen LogP contribution in [0.1, 0.15) is 41.3 Å². The molecule has 0 aromatic heterocycles.